The first-order valence-electron chi connectivity index (χ1n) is 7.09. The quantitative estimate of drug-likeness (QED) is 0.779. The summed E-state index contributed by atoms with van der Waals surface area (Å²) in [5.74, 6) is 2.50. The molecule has 8 heteroatoms. The van der Waals surface area contributed by atoms with Gasteiger partial charge in [0.25, 0.3) is 0 Å². The average molecular weight is 309 g/mol. The van der Waals surface area contributed by atoms with Gasteiger partial charge >= 0.3 is 0 Å². The van der Waals surface area contributed by atoms with Crippen molar-refractivity contribution in [3.05, 3.63) is 17.5 Å². The zero-order chi connectivity index (χ0) is 14.7. The van der Waals surface area contributed by atoms with Gasteiger partial charge < -0.3 is 14.2 Å². The fourth-order valence-corrected chi connectivity index (χ4v) is 3.15. The summed E-state index contributed by atoms with van der Waals surface area (Å²) >= 11 is 1.62. The SMILES string of the molecule is CCn1c(SCc2cc(C)no2)nnc1N1CCOCC1. The summed E-state index contributed by atoms with van der Waals surface area (Å²) in [5, 5.41) is 13.5. The van der Waals surface area contributed by atoms with Gasteiger partial charge in [0.15, 0.2) is 5.16 Å². The van der Waals surface area contributed by atoms with Crippen LogP contribution in [0.2, 0.25) is 0 Å². The third-order valence-electron chi connectivity index (χ3n) is 3.33. The molecule has 0 aliphatic carbocycles. The van der Waals surface area contributed by atoms with Crippen molar-refractivity contribution in [2.24, 2.45) is 0 Å². The second-order valence-electron chi connectivity index (χ2n) is 4.85. The van der Waals surface area contributed by atoms with Gasteiger partial charge in [0, 0.05) is 25.7 Å². The van der Waals surface area contributed by atoms with Crippen molar-refractivity contribution < 1.29 is 9.26 Å². The Morgan fingerprint density at radius 1 is 1.29 bits per heavy atom. The zero-order valence-corrected chi connectivity index (χ0v) is 13.1. The molecule has 114 valence electrons. The van der Waals surface area contributed by atoms with E-state index in [4.69, 9.17) is 9.26 Å². The predicted octanol–water partition coefficient (Wildman–Crippen LogP) is 1.72. The van der Waals surface area contributed by atoms with E-state index in [1.165, 1.54) is 0 Å². The predicted molar refractivity (Wildman–Crippen MR) is 79.5 cm³/mol. The number of aryl methyl sites for hydroxylation is 1. The zero-order valence-electron chi connectivity index (χ0n) is 12.3. The van der Waals surface area contributed by atoms with Crippen LogP contribution >= 0.6 is 11.8 Å². The Hall–Kier alpha value is -1.54. The standard InChI is InChI=1S/C13H19N5O2S/c1-3-18-12(17-4-6-19-7-5-17)14-15-13(18)21-9-11-8-10(2)16-20-11/h8H,3-7,9H2,1-2H3. The van der Waals surface area contributed by atoms with E-state index in [0.29, 0.717) is 5.75 Å². The third-order valence-corrected chi connectivity index (χ3v) is 4.32. The van der Waals surface area contributed by atoms with Crippen molar-refractivity contribution in [3.8, 4) is 0 Å². The molecule has 0 aromatic carbocycles. The maximum absolute atomic E-state index is 5.39. The van der Waals surface area contributed by atoms with E-state index in [9.17, 15) is 0 Å². The molecular weight excluding hydrogens is 290 g/mol. The van der Waals surface area contributed by atoms with Gasteiger partial charge in [-0.2, -0.15) is 0 Å². The highest BCUT2D eigenvalue weighted by Gasteiger charge is 2.20. The first kappa shape index (κ1) is 14.4. The molecule has 0 bridgehead atoms. The van der Waals surface area contributed by atoms with Crippen molar-refractivity contribution in [2.75, 3.05) is 31.2 Å². The van der Waals surface area contributed by atoms with Gasteiger partial charge in [0.2, 0.25) is 5.95 Å². The Labute approximate surface area is 127 Å². The van der Waals surface area contributed by atoms with Gasteiger partial charge in [-0.15, -0.1) is 10.2 Å². The normalized spacial score (nSPS) is 15.6. The minimum absolute atomic E-state index is 0.710. The molecule has 0 amide bonds. The number of anilines is 1. The second kappa shape index (κ2) is 6.48. The summed E-state index contributed by atoms with van der Waals surface area (Å²) in [4.78, 5) is 2.22. The van der Waals surface area contributed by atoms with Gasteiger partial charge in [0.1, 0.15) is 5.76 Å². The van der Waals surface area contributed by atoms with Crippen LogP contribution in [0.4, 0.5) is 5.95 Å². The number of hydrogen-bond acceptors (Lipinski definition) is 7. The Bertz CT molecular complexity index is 591. The van der Waals surface area contributed by atoms with Crippen LogP contribution in [0, 0.1) is 6.92 Å². The van der Waals surface area contributed by atoms with Gasteiger partial charge in [-0.3, -0.25) is 4.57 Å². The summed E-state index contributed by atoms with van der Waals surface area (Å²) in [7, 11) is 0. The lowest BCUT2D eigenvalue weighted by atomic mass is 10.4. The molecule has 3 rings (SSSR count). The van der Waals surface area contributed by atoms with Crippen LogP contribution in [0.15, 0.2) is 15.7 Å². The Balaban J connectivity index is 1.71. The summed E-state index contributed by atoms with van der Waals surface area (Å²) < 4.78 is 12.8. The molecule has 0 unspecified atom stereocenters. The molecule has 2 aromatic rings. The highest BCUT2D eigenvalue weighted by molar-refractivity contribution is 7.98. The first-order chi connectivity index (χ1) is 10.3. The minimum Gasteiger partial charge on any atom is -0.378 e. The Morgan fingerprint density at radius 3 is 2.76 bits per heavy atom. The van der Waals surface area contributed by atoms with E-state index in [-0.39, 0.29) is 0 Å². The molecule has 1 fully saturated rings. The lowest BCUT2D eigenvalue weighted by molar-refractivity contribution is 0.121. The maximum atomic E-state index is 5.39. The molecule has 3 heterocycles. The minimum atomic E-state index is 0.710. The number of nitrogens with zero attached hydrogens (tertiary/aromatic N) is 5. The molecule has 1 aliphatic heterocycles. The van der Waals surface area contributed by atoms with Crippen LogP contribution < -0.4 is 4.90 Å². The van der Waals surface area contributed by atoms with Crippen LogP contribution in [0.5, 0.6) is 0 Å². The van der Waals surface area contributed by atoms with E-state index >= 15 is 0 Å². The Morgan fingerprint density at radius 2 is 2.10 bits per heavy atom. The molecule has 2 aromatic heterocycles. The topological polar surface area (TPSA) is 69.2 Å². The van der Waals surface area contributed by atoms with Crippen molar-refractivity contribution in [2.45, 2.75) is 31.3 Å². The number of aromatic nitrogens is 4. The molecule has 0 spiro atoms. The monoisotopic (exact) mass is 309 g/mol. The third kappa shape index (κ3) is 3.21. The van der Waals surface area contributed by atoms with Crippen LogP contribution in [0.3, 0.4) is 0 Å². The van der Waals surface area contributed by atoms with E-state index in [1.807, 2.05) is 13.0 Å². The maximum Gasteiger partial charge on any atom is 0.228 e. The summed E-state index contributed by atoms with van der Waals surface area (Å²) in [6.07, 6.45) is 0. The van der Waals surface area contributed by atoms with Crippen molar-refractivity contribution >= 4 is 17.7 Å². The number of thioether (sulfide) groups is 1. The molecule has 1 aliphatic rings. The van der Waals surface area contributed by atoms with E-state index in [1.54, 1.807) is 11.8 Å². The second-order valence-corrected chi connectivity index (χ2v) is 5.79. The lowest BCUT2D eigenvalue weighted by Crippen LogP contribution is -2.38. The number of rotatable bonds is 5. The molecule has 7 nitrogen and oxygen atoms in total. The van der Waals surface area contributed by atoms with Gasteiger partial charge in [-0.1, -0.05) is 16.9 Å². The van der Waals surface area contributed by atoms with Crippen LogP contribution in [0.1, 0.15) is 18.4 Å². The molecular formula is C13H19N5O2S. The number of hydrogen-bond donors (Lipinski definition) is 0. The summed E-state index contributed by atoms with van der Waals surface area (Å²) in [6, 6.07) is 1.95. The van der Waals surface area contributed by atoms with Crippen LogP contribution in [0.25, 0.3) is 0 Å². The van der Waals surface area contributed by atoms with Gasteiger partial charge in [-0.05, 0) is 13.8 Å². The largest absolute Gasteiger partial charge is 0.378 e. The molecule has 0 N–H and O–H groups in total. The molecule has 21 heavy (non-hydrogen) atoms. The smallest absolute Gasteiger partial charge is 0.228 e. The van der Waals surface area contributed by atoms with Gasteiger partial charge in [-0.25, -0.2) is 0 Å². The lowest BCUT2D eigenvalue weighted by Gasteiger charge is -2.27. The van der Waals surface area contributed by atoms with Crippen molar-refractivity contribution in [3.63, 3.8) is 0 Å². The molecule has 1 saturated heterocycles. The Kier molecular flexibility index (Phi) is 4.45. The average Bonchev–Trinajstić information content (AvgIpc) is 3.11. The highest BCUT2D eigenvalue weighted by Crippen LogP contribution is 2.25. The summed E-state index contributed by atoms with van der Waals surface area (Å²) in [6.45, 7) is 8.09. The van der Waals surface area contributed by atoms with E-state index in [2.05, 4.69) is 31.7 Å². The van der Waals surface area contributed by atoms with Crippen LogP contribution in [-0.4, -0.2) is 46.2 Å². The molecule has 0 radical (unpaired) electrons. The van der Waals surface area contributed by atoms with Gasteiger partial charge in [0.05, 0.1) is 24.7 Å². The summed E-state index contributed by atoms with van der Waals surface area (Å²) in [5.41, 5.74) is 0.900. The van der Waals surface area contributed by atoms with E-state index in [0.717, 1.165) is 55.4 Å². The van der Waals surface area contributed by atoms with Crippen molar-refractivity contribution in [1.29, 1.82) is 0 Å². The molecule has 0 saturated carbocycles. The molecule has 0 atom stereocenters. The highest BCUT2D eigenvalue weighted by atomic mass is 32.2. The fraction of sp³-hybridized carbons (Fsp3) is 0.615. The van der Waals surface area contributed by atoms with Crippen LogP contribution in [-0.2, 0) is 17.0 Å². The number of morpholine rings is 1. The first-order valence-corrected chi connectivity index (χ1v) is 8.07. The fourth-order valence-electron chi connectivity index (χ4n) is 2.28. The van der Waals surface area contributed by atoms with E-state index < -0.39 is 0 Å². The number of ether oxygens (including phenoxy) is 1. The van der Waals surface area contributed by atoms with Crippen molar-refractivity contribution in [1.82, 2.24) is 19.9 Å².